The lowest BCUT2D eigenvalue weighted by Gasteiger charge is -2.20. The van der Waals surface area contributed by atoms with Crippen molar-refractivity contribution in [1.29, 1.82) is 0 Å². The lowest BCUT2D eigenvalue weighted by molar-refractivity contribution is 0.0978. The largest absolute Gasteiger partial charge is 0.294 e. The van der Waals surface area contributed by atoms with Gasteiger partial charge in [-0.05, 0) is 30.4 Å². The van der Waals surface area contributed by atoms with E-state index < -0.39 is 16.1 Å². The molecule has 0 saturated carbocycles. The quantitative estimate of drug-likeness (QED) is 0.329. The minimum Gasteiger partial charge on any atom is -0.294 e. The Balaban J connectivity index is 3.10. The number of hydrogen-bond acceptors (Lipinski definition) is 1. The Bertz CT molecular complexity index is 500. The van der Waals surface area contributed by atoms with Crippen molar-refractivity contribution in [2.75, 3.05) is 0 Å². The lowest BCUT2D eigenvalue weighted by atomic mass is 9.92. The standard InChI is InChI=1S/C21H38OSi2/c1-8-9-13-20(22)21-18(14-16-23(2,3)4)11-10-12-19(21)15-17-24(5,6)7/h10-12H,8-9,13-17H2,1-7H3. The average molecular weight is 363 g/mol. The van der Waals surface area contributed by atoms with E-state index in [1.807, 2.05) is 0 Å². The third kappa shape index (κ3) is 7.93. The fraction of sp³-hybridized carbons (Fsp3) is 0.667. The van der Waals surface area contributed by atoms with Crippen molar-refractivity contribution in [3.8, 4) is 0 Å². The normalized spacial score (nSPS) is 12.5. The van der Waals surface area contributed by atoms with Gasteiger partial charge in [0.1, 0.15) is 0 Å². The highest BCUT2D eigenvalue weighted by atomic mass is 28.3. The van der Waals surface area contributed by atoms with Crippen LogP contribution in [0.3, 0.4) is 0 Å². The third-order valence-electron chi connectivity index (χ3n) is 4.56. The first kappa shape index (κ1) is 21.4. The molecule has 1 nitrogen and oxygen atoms in total. The first-order valence-electron chi connectivity index (χ1n) is 9.67. The number of Topliss-reactive ketones (excluding diaryl/α,β-unsaturated/α-hetero) is 1. The predicted octanol–water partition coefficient (Wildman–Crippen LogP) is 6.82. The zero-order valence-corrected chi connectivity index (χ0v) is 19.1. The Morgan fingerprint density at radius 1 is 0.875 bits per heavy atom. The van der Waals surface area contributed by atoms with Crippen molar-refractivity contribution in [1.82, 2.24) is 0 Å². The molecule has 1 aromatic rings. The van der Waals surface area contributed by atoms with Gasteiger partial charge in [-0.1, -0.05) is 82.9 Å². The highest BCUT2D eigenvalue weighted by Gasteiger charge is 2.20. The van der Waals surface area contributed by atoms with Crippen LogP contribution in [0.15, 0.2) is 18.2 Å². The summed E-state index contributed by atoms with van der Waals surface area (Å²) in [5.41, 5.74) is 3.71. The second-order valence-electron chi connectivity index (χ2n) is 9.60. The second-order valence-corrected chi connectivity index (χ2v) is 20.8. The number of ketones is 1. The van der Waals surface area contributed by atoms with Crippen LogP contribution in [0.25, 0.3) is 0 Å². The highest BCUT2D eigenvalue weighted by molar-refractivity contribution is 6.76. The Morgan fingerprint density at radius 2 is 1.33 bits per heavy atom. The fourth-order valence-corrected chi connectivity index (χ4v) is 4.95. The van der Waals surface area contributed by atoms with E-state index in [0.29, 0.717) is 12.2 Å². The monoisotopic (exact) mass is 362 g/mol. The molecule has 0 aliphatic carbocycles. The molecule has 0 spiro atoms. The summed E-state index contributed by atoms with van der Waals surface area (Å²) in [6.45, 7) is 16.7. The molecule has 0 saturated heterocycles. The zero-order chi connectivity index (χ0) is 18.4. The van der Waals surface area contributed by atoms with Crippen LogP contribution in [0, 0.1) is 0 Å². The second kappa shape index (κ2) is 9.14. The molecule has 1 rings (SSSR count). The summed E-state index contributed by atoms with van der Waals surface area (Å²) >= 11 is 0. The Labute approximate surface area is 152 Å². The summed E-state index contributed by atoms with van der Waals surface area (Å²) in [6.07, 6.45) is 4.95. The van der Waals surface area contributed by atoms with Gasteiger partial charge < -0.3 is 0 Å². The van der Waals surface area contributed by atoms with Crippen LogP contribution in [-0.4, -0.2) is 21.9 Å². The highest BCUT2D eigenvalue weighted by Crippen LogP contribution is 2.25. The molecule has 0 amide bonds. The summed E-state index contributed by atoms with van der Waals surface area (Å²) in [5, 5.41) is 0. The average Bonchev–Trinajstić information content (AvgIpc) is 2.47. The zero-order valence-electron chi connectivity index (χ0n) is 17.1. The maximum atomic E-state index is 12.9. The van der Waals surface area contributed by atoms with Gasteiger partial charge in [0, 0.05) is 28.1 Å². The van der Waals surface area contributed by atoms with E-state index in [1.54, 1.807) is 0 Å². The van der Waals surface area contributed by atoms with E-state index in [0.717, 1.165) is 31.2 Å². The van der Waals surface area contributed by atoms with E-state index in [-0.39, 0.29) is 0 Å². The molecule has 0 unspecified atom stereocenters. The van der Waals surface area contributed by atoms with Gasteiger partial charge in [0.15, 0.2) is 5.78 Å². The molecule has 0 bridgehead atoms. The van der Waals surface area contributed by atoms with Crippen molar-refractivity contribution in [3.63, 3.8) is 0 Å². The van der Waals surface area contributed by atoms with E-state index in [4.69, 9.17) is 0 Å². The predicted molar refractivity (Wildman–Crippen MR) is 114 cm³/mol. The van der Waals surface area contributed by atoms with Crippen LogP contribution in [0.1, 0.15) is 47.7 Å². The molecule has 0 N–H and O–H groups in total. The van der Waals surface area contributed by atoms with Crippen molar-refractivity contribution >= 4 is 21.9 Å². The molecule has 0 atom stereocenters. The van der Waals surface area contributed by atoms with Crippen LogP contribution in [0.5, 0.6) is 0 Å². The van der Waals surface area contributed by atoms with Gasteiger partial charge in [-0.3, -0.25) is 4.79 Å². The van der Waals surface area contributed by atoms with Crippen molar-refractivity contribution < 1.29 is 4.79 Å². The first-order chi connectivity index (χ1) is 11.0. The number of rotatable bonds is 10. The summed E-state index contributed by atoms with van der Waals surface area (Å²) in [5.74, 6) is 0.383. The van der Waals surface area contributed by atoms with Crippen LogP contribution >= 0.6 is 0 Å². The van der Waals surface area contributed by atoms with Crippen molar-refractivity contribution in [2.24, 2.45) is 0 Å². The SMILES string of the molecule is CCCCC(=O)c1c(CC[Si](C)(C)C)cccc1CC[Si](C)(C)C. The maximum absolute atomic E-state index is 12.9. The smallest absolute Gasteiger partial charge is 0.163 e. The number of benzene rings is 1. The number of hydrogen-bond donors (Lipinski definition) is 0. The van der Waals surface area contributed by atoms with Crippen LogP contribution in [0.2, 0.25) is 51.4 Å². The molecule has 136 valence electrons. The van der Waals surface area contributed by atoms with Gasteiger partial charge >= 0.3 is 0 Å². The topological polar surface area (TPSA) is 17.1 Å². The van der Waals surface area contributed by atoms with E-state index >= 15 is 0 Å². The molecule has 0 aromatic heterocycles. The molecule has 0 aliphatic heterocycles. The van der Waals surface area contributed by atoms with Crippen molar-refractivity contribution in [3.05, 3.63) is 34.9 Å². The molecule has 24 heavy (non-hydrogen) atoms. The molecule has 3 heteroatoms. The van der Waals surface area contributed by atoms with Crippen LogP contribution in [0.4, 0.5) is 0 Å². The van der Waals surface area contributed by atoms with E-state index in [1.165, 1.54) is 23.2 Å². The number of carbonyl (C=O) groups excluding carboxylic acids is 1. The summed E-state index contributed by atoms with van der Waals surface area (Å²) < 4.78 is 0. The van der Waals surface area contributed by atoms with Crippen LogP contribution in [-0.2, 0) is 12.8 Å². The molecule has 0 aliphatic rings. The molecular weight excluding hydrogens is 324 g/mol. The molecule has 0 heterocycles. The first-order valence-corrected chi connectivity index (χ1v) is 17.1. The van der Waals surface area contributed by atoms with Gasteiger partial charge in [0.25, 0.3) is 0 Å². The Kier molecular flexibility index (Phi) is 8.14. The third-order valence-corrected chi connectivity index (χ3v) is 8.06. The molecular formula is C21H38OSi2. The number of unbranched alkanes of at least 4 members (excludes halogenated alkanes) is 1. The summed E-state index contributed by atoms with van der Waals surface area (Å²) in [6, 6.07) is 9.11. The van der Waals surface area contributed by atoms with Gasteiger partial charge in [-0.2, -0.15) is 0 Å². The van der Waals surface area contributed by atoms with E-state index in [2.05, 4.69) is 64.4 Å². The molecule has 1 aromatic carbocycles. The minimum absolute atomic E-state index is 0.383. The van der Waals surface area contributed by atoms with Crippen molar-refractivity contribution in [2.45, 2.75) is 90.4 Å². The Morgan fingerprint density at radius 3 is 1.71 bits per heavy atom. The molecule has 0 radical (unpaired) electrons. The minimum atomic E-state index is -1.09. The number of aryl methyl sites for hydroxylation is 2. The Hall–Kier alpha value is -0.676. The van der Waals surface area contributed by atoms with Gasteiger partial charge in [-0.25, -0.2) is 0 Å². The van der Waals surface area contributed by atoms with Crippen LogP contribution < -0.4 is 0 Å². The van der Waals surface area contributed by atoms with E-state index in [9.17, 15) is 4.79 Å². The van der Waals surface area contributed by atoms with Gasteiger partial charge in [0.2, 0.25) is 0 Å². The summed E-state index contributed by atoms with van der Waals surface area (Å²) in [7, 11) is -2.19. The van der Waals surface area contributed by atoms with Gasteiger partial charge in [-0.15, -0.1) is 0 Å². The number of carbonyl (C=O) groups is 1. The fourth-order valence-electron chi connectivity index (χ4n) is 2.91. The molecule has 0 fully saturated rings. The van der Waals surface area contributed by atoms with Gasteiger partial charge in [0.05, 0.1) is 0 Å². The lowest BCUT2D eigenvalue weighted by Crippen LogP contribution is -2.22. The maximum Gasteiger partial charge on any atom is 0.163 e. The summed E-state index contributed by atoms with van der Waals surface area (Å²) in [4.78, 5) is 12.9.